The zero-order chi connectivity index (χ0) is 11.4. The molecule has 1 saturated carbocycles. The molecule has 0 heterocycles. The molecule has 0 aromatic rings. The average Bonchev–Trinajstić information content (AvgIpc) is 2.96. The highest BCUT2D eigenvalue weighted by molar-refractivity contribution is 5.81. The SMILES string of the molecule is CC(NCC(O)C(F)F)C(=O)NC1CC1. The van der Waals surface area contributed by atoms with Crippen molar-refractivity contribution in [1.82, 2.24) is 10.6 Å². The zero-order valence-corrected chi connectivity index (χ0v) is 8.54. The Morgan fingerprint density at radius 1 is 1.53 bits per heavy atom. The van der Waals surface area contributed by atoms with E-state index in [4.69, 9.17) is 5.11 Å². The van der Waals surface area contributed by atoms with Crippen LogP contribution in [0.15, 0.2) is 0 Å². The fraction of sp³-hybridized carbons (Fsp3) is 0.889. The molecular formula is C9H16F2N2O2. The van der Waals surface area contributed by atoms with E-state index in [2.05, 4.69) is 10.6 Å². The van der Waals surface area contributed by atoms with Crippen molar-refractivity contribution >= 4 is 5.91 Å². The summed E-state index contributed by atoms with van der Waals surface area (Å²) in [6.45, 7) is 1.30. The van der Waals surface area contributed by atoms with Crippen LogP contribution in [-0.2, 0) is 4.79 Å². The van der Waals surface area contributed by atoms with Gasteiger partial charge < -0.3 is 15.7 Å². The molecule has 0 radical (unpaired) electrons. The van der Waals surface area contributed by atoms with E-state index >= 15 is 0 Å². The summed E-state index contributed by atoms with van der Waals surface area (Å²) in [5.74, 6) is -0.209. The molecule has 1 amide bonds. The first-order chi connectivity index (χ1) is 7.00. The molecular weight excluding hydrogens is 206 g/mol. The van der Waals surface area contributed by atoms with Crippen LogP contribution in [0.2, 0.25) is 0 Å². The van der Waals surface area contributed by atoms with Crippen LogP contribution < -0.4 is 10.6 Å². The second-order valence-corrected chi connectivity index (χ2v) is 3.81. The van der Waals surface area contributed by atoms with Gasteiger partial charge in [0, 0.05) is 12.6 Å². The van der Waals surface area contributed by atoms with Gasteiger partial charge in [0.05, 0.1) is 6.04 Å². The van der Waals surface area contributed by atoms with Gasteiger partial charge in [0.2, 0.25) is 5.91 Å². The molecule has 4 nitrogen and oxygen atoms in total. The number of hydrogen-bond acceptors (Lipinski definition) is 3. The highest BCUT2D eigenvalue weighted by Gasteiger charge is 2.26. The Morgan fingerprint density at radius 2 is 2.13 bits per heavy atom. The fourth-order valence-corrected chi connectivity index (χ4v) is 1.03. The van der Waals surface area contributed by atoms with Gasteiger partial charge >= 0.3 is 0 Å². The van der Waals surface area contributed by atoms with Gasteiger partial charge in [0.25, 0.3) is 6.43 Å². The van der Waals surface area contributed by atoms with Crippen molar-refractivity contribution in [3.05, 3.63) is 0 Å². The highest BCUT2D eigenvalue weighted by Crippen LogP contribution is 2.18. The number of halogens is 2. The molecule has 88 valence electrons. The summed E-state index contributed by atoms with van der Waals surface area (Å²) >= 11 is 0. The van der Waals surface area contributed by atoms with Crippen molar-refractivity contribution in [3.8, 4) is 0 Å². The number of hydrogen-bond donors (Lipinski definition) is 3. The number of aliphatic hydroxyl groups excluding tert-OH is 1. The van der Waals surface area contributed by atoms with Gasteiger partial charge in [-0.1, -0.05) is 0 Å². The third-order valence-corrected chi connectivity index (χ3v) is 2.24. The van der Waals surface area contributed by atoms with E-state index in [1.807, 2.05) is 0 Å². The maximum atomic E-state index is 11.9. The molecule has 1 aliphatic rings. The number of carbonyl (C=O) groups excluding carboxylic acids is 1. The molecule has 0 bridgehead atoms. The Bertz CT molecular complexity index is 222. The average molecular weight is 222 g/mol. The number of amides is 1. The number of nitrogens with one attached hydrogen (secondary N) is 2. The third-order valence-electron chi connectivity index (χ3n) is 2.24. The minimum absolute atomic E-state index is 0.209. The van der Waals surface area contributed by atoms with Crippen LogP contribution >= 0.6 is 0 Å². The minimum atomic E-state index is -2.78. The Hall–Kier alpha value is -0.750. The molecule has 1 fully saturated rings. The van der Waals surface area contributed by atoms with Gasteiger partial charge in [-0.3, -0.25) is 4.79 Å². The van der Waals surface area contributed by atoms with Crippen molar-refractivity contribution < 1.29 is 18.7 Å². The van der Waals surface area contributed by atoms with Gasteiger partial charge in [-0.15, -0.1) is 0 Å². The molecule has 15 heavy (non-hydrogen) atoms. The molecule has 3 N–H and O–H groups in total. The van der Waals surface area contributed by atoms with Crippen molar-refractivity contribution in [2.75, 3.05) is 6.54 Å². The Kier molecular flexibility index (Phi) is 4.41. The molecule has 0 aliphatic heterocycles. The lowest BCUT2D eigenvalue weighted by molar-refractivity contribution is -0.123. The normalized spacial score (nSPS) is 20.1. The molecule has 1 rings (SSSR count). The van der Waals surface area contributed by atoms with Crippen LogP contribution in [0.25, 0.3) is 0 Å². The van der Waals surface area contributed by atoms with Gasteiger partial charge in [-0.05, 0) is 19.8 Å². The lowest BCUT2D eigenvalue weighted by Gasteiger charge is -2.16. The van der Waals surface area contributed by atoms with Crippen LogP contribution in [0.3, 0.4) is 0 Å². The molecule has 0 spiro atoms. The van der Waals surface area contributed by atoms with E-state index in [1.165, 1.54) is 0 Å². The van der Waals surface area contributed by atoms with Crippen molar-refractivity contribution in [2.45, 2.75) is 44.4 Å². The lowest BCUT2D eigenvalue weighted by Crippen LogP contribution is -2.46. The topological polar surface area (TPSA) is 61.4 Å². The Morgan fingerprint density at radius 3 is 2.60 bits per heavy atom. The van der Waals surface area contributed by atoms with Crippen LogP contribution in [0, 0.1) is 0 Å². The summed E-state index contributed by atoms with van der Waals surface area (Å²) in [6.07, 6.45) is -2.53. The van der Waals surface area contributed by atoms with E-state index in [1.54, 1.807) is 6.92 Å². The van der Waals surface area contributed by atoms with Gasteiger partial charge in [0.1, 0.15) is 6.10 Å². The first-order valence-corrected chi connectivity index (χ1v) is 5.00. The van der Waals surface area contributed by atoms with Gasteiger partial charge in [-0.25, -0.2) is 8.78 Å². The van der Waals surface area contributed by atoms with Crippen molar-refractivity contribution in [1.29, 1.82) is 0 Å². The molecule has 0 aromatic heterocycles. The standard InChI is InChI=1S/C9H16F2N2O2/c1-5(9(15)13-6-2-3-6)12-4-7(14)8(10)11/h5-8,12,14H,2-4H2,1H3,(H,13,15). The second-order valence-electron chi connectivity index (χ2n) is 3.81. The predicted molar refractivity (Wildman–Crippen MR) is 50.6 cm³/mol. The lowest BCUT2D eigenvalue weighted by atomic mass is 10.3. The van der Waals surface area contributed by atoms with Crippen molar-refractivity contribution in [2.24, 2.45) is 0 Å². The molecule has 2 atom stereocenters. The van der Waals surface area contributed by atoms with Crippen LogP contribution in [0.1, 0.15) is 19.8 Å². The van der Waals surface area contributed by atoms with Gasteiger partial charge in [-0.2, -0.15) is 0 Å². The molecule has 2 unspecified atom stereocenters. The molecule has 6 heteroatoms. The second kappa shape index (κ2) is 5.37. The van der Waals surface area contributed by atoms with E-state index in [9.17, 15) is 13.6 Å². The summed E-state index contributed by atoms with van der Waals surface area (Å²) < 4.78 is 23.8. The Balaban J connectivity index is 2.16. The largest absolute Gasteiger partial charge is 0.386 e. The first kappa shape index (κ1) is 12.3. The number of alkyl halides is 2. The number of carbonyl (C=O) groups is 1. The van der Waals surface area contributed by atoms with Crippen LogP contribution in [-0.4, -0.2) is 42.2 Å². The maximum Gasteiger partial charge on any atom is 0.265 e. The smallest absolute Gasteiger partial charge is 0.265 e. The van der Waals surface area contributed by atoms with E-state index < -0.39 is 18.6 Å². The van der Waals surface area contributed by atoms with Crippen LogP contribution in [0.4, 0.5) is 8.78 Å². The summed E-state index contributed by atoms with van der Waals surface area (Å²) in [7, 11) is 0. The molecule has 0 saturated heterocycles. The van der Waals surface area contributed by atoms with Crippen molar-refractivity contribution in [3.63, 3.8) is 0 Å². The quantitative estimate of drug-likeness (QED) is 0.586. The van der Waals surface area contributed by atoms with E-state index in [0.717, 1.165) is 12.8 Å². The summed E-state index contributed by atoms with van der Waals surface area (Å²) in [5, 5.41) is 14.1. The maximum absolute atomic E-state index is 11.9. The zero-order valence-electron chi connectivity index (χ0n) is 8.54. The predicted octanol–water partition coefficient (Wildman–Crippen LogP) is -0.131. The summed E-state index contributed by atoms with van der Waals surface area (Å²) in [4.78, 5) is 11.3. The summed E-state index contributed by atoms with van der Waals surface area (Å²) in [6, 6.07) is -0.305. The number of aliphatic hydroxyl groups is 1. The Labute approximate surface area is 87.0 Å². The number of rotatable bonds is 6. The molecule has 0 aromatic carbocycles. The molecule has 1 aliphatic carbocycles. The third kappa shape index (κ3) is 4.53. The fourth-order valence-electron chi connectivity index (χ4n) is 1.03. The minimum Gasteiger partial charge on any atom is -0.386 e. The first-order valence-electron chi connectivity index (χ1n) is 5.00. The van der Waals surface area contributed by atoms with E-state index in [0.29, 0.717) is 0 Å². The highest BCUT2D eigenvalue weighted by atomic mass is 19.3. The monoisotopic (exact) mass is 222 g/mol. The van der Waals surface area contributed by atoms with E-state index in [-0.39, 0.29) is 18.5 Å². The summed E-state index contributed by atoms with van der Waals surface area (Å²) in [5.41, 5.74) is 0. The van der Waals surface area contributed by atoms with Crippen LogP contribution in [0.5, 0.6) is 0 Å². The van der Waals surface area contributed by atoms with Gasteiger partial charge in [0.15, 0.2) is 0 Å².